The van der Waals surface area contributed by atoms with E-state index in [1.165, 1.54) is 0 Å². The van der Waals surface area contributed by atoms with Crippen LogP contribution in [0.5, 0.6) is 5.75 Å². The minimum atomic E-state index is -0.0971. The van der Waals surface area contributed by atoms with E-state index in [4.69, 9.17) is 16.2 Å². The van der Waals surface area contributed by atoms with Crippen molar-refractivity contribution >= 4 is 12.4 Å². The Hall–Kier alpha value is -0.770. The third-order valence-corrected chi connectivity index (χ3v) is 1.78. The molecule has 0 saturated heterocycles. The van der Waals surface area contributed by atoms with E-state index in [0.717, 1.165) is 11.3 Å². The van der Waals surface area contributed by atoms with Crippen molar-refractivity contribution in [2.75, 3.05) is 13.7 Å². The largest absolute Gasteiger partial charge is 0.497 e. The van der Waals surface area contributed by atoms with E-state index < -0.39 is 0 Å². The quantitative estimate of drug-likeness (QED) is 0.771. The molecule has 0 amide bonds. The van der Waals surface area contributed by atoms with Gasteiger partial charge >= 0.3 is 0 Å². The van der Waals surface area contributed by atoms with E-state index in [9.17, 15) is 0 Å². The Bertz CT molecular complexity index is 255. The number of benzene rings is 1. The maximum atomic E-state index is 5.74. The number of ether oxygens (including phenoxy) is 1. The van der Waals surface area contributed by atoms with Crippen LogP contribution in [-0.4, -0.2) is 13.7 Å². The average molecular weight is 203 g/mol. The number of nitrogens with two attached hydrogens (primary N) is 2. The Morgan fingerprint density at radius 3 is 2.69 bits per heavy atom. The fraction of sp³-hybridized carbons (Fsp3) is 0.333. The molecule has 0 bridgehead atoms. The molecule has 0 unspecified atom stereocenters. The molecule has 1 atom stereocenters. The topological polar surface area (TPSA) is 61.3 Å². The van der Waals surface area contributed by atoms with Crippen LogP contribution in [0.1, 0.15) is 11.6 Å². The second-order valence-corrected chi connectivity index (χ2v) is 2.62. The van der Waals surface area contributed by atoms with Gasteiger partial charge in [-0.1, -0.05) is 12.1 Å². The van der Waals surface area contributed by atoms with Crippen molar-refractivity contribution in [1.29, 1.82) is 0 Å². The van der Waals surface area contributed by atoms with Crippen LogP contribution in [0.4, 0.5) is 0 Å². The zero-order chi connectivity index (χ0) is 8.97. The van der Waals surface area contributed by atoms with Crippen molar-refractivity contribution in [3.63, 3.8) is 0 Å². The number of halogens is 1. The maximum absolute atomic E-state index is 5.74. The first kappa shape index (κ1) is 12.2. The van der Waals surface area contributed by atoms with Gasteiger partial charge in [0.05, 0.1) is 7.11 Å². The molecule has 0 aromatic heterocycles. The predicted molar refractivity (Wildman–Crippen MR) is 56.2 cm³/mol. The number of hydrogen-bond acceptors (Lipinski definition) is 3. The summed E-state index contributed by atoms with van der Waals surface area (Å²) >= 11 is 0. The average Bonchev–Trinajstić information content (AvgIpc) is 2.17. The lowest BCUT2D eigenvalue weighted by Crippen LogP contribution is -2.20. The van der Waals surface area contributed by atoms with Gasteiger partial charge in [-0.2, -0.15) is 0 Å². The normalized spacial score (nSPS) is 11.6. The second-order valence-electron chi connectivity index (χ2n) is 2.62. The standard InChI is InChI=1S/C9H14N2O.ClH/c1-12-8-4-2-3-7(5-8)9(11)6-10;/h2-5,9H,6,10-11H2,1H3;1H/t9-;/m0./s1. The molecule has 0 heterocycles. The van der Waals surface area contributed by atoms with Crippen LogP contribution in [-0.2, 0) is 0 Å². The van der Waals surface area contributed by atoms with Crippen molar-refractivity contribution in [3.05, 3.63) is 29.8 Å². The highest BCUT2D eigenvalue weighted by Crippen LogP contribution is 2.16. The smallest absolute Gasteiger partial charge is 0.119 e. The summed E-state index contributed by atoms with van der Waals surface area (Å²) in [6.45, 7) is 0.452. The number of methoxy groups -OCH3 is 1. The van der Waals surface area contributed by atoms with Crippen molar-refractivity contribution in [3.8, 4) is 5.75 Å². The van der Waals surface area contributed by atoms with Gasteiger partial charge in [0, 0.05) is 12.6 Å². The lowest BCUT2D eigenvalue weighted by Gasteiger charge is -2.09. The summed E-state index contributed by atoms with van der Waals surface area (Å²) in [6.07, 6.45) is 0. The monoisotopic (exact) mass is 202 g/mol. The summed E-state index contributed by atoms with van der Waals surface area (Å²) in [5.41, 5.74) is 12.2. The first-order valence-electron chi connectivity index (χ1n) is 3.87. The molecule has 0 radical (unpaired) electrons. The molecule has 1 rings (SSSR count). The first-order valence-corrected chi connectivity index (χ1v) is 3.87. The zero-order valence-corrected chi connectivity index (χ0v) is 8.38. The van der Waals surface area contributed by atoms with Gasteiger partial charge in [0.15, 0.2) is 0 Å². The number of hydrogen-bond donors (Lipinski definition) is 2. The van der Waals surface area contributed by atoms with Crippen molar-refractivity contribution in [2.45, 2.75) is 6.04 Å². The minimum Gasteiger partial charge on any atom is -0.497 e. The van der Waals surface area contributed by atoms with Crippen LogP contribution in [0.15, 0.2) is 24.3 Å². The Labute approximate surface area is 84.5 Å². The molecule has 1 aromatic carbocycles. The Morgan fingerprint density at radius 2 is 2.15 bits per heavy atom. The van der Waals surface area contributed by atoms with Crippen LogP contribution < -0.4 is 16.2 Å². The molecule has 0 saturated carbocycles. The molecule has 1 aromatic rings. The lowest BCUT2D eigenvalue weighted by molar-refractivity contribution is 0.414. The highest BCUT2D eigenvalue weighted by Gasteiger charge is 2.03. The molecule has 3 nitrogen and oxygen atoms in total. The van der Waals surface area contributed by atoms with E-state index in [0.29, 0.717) is 6.54 Å². The molecule has 0 spiro atoms. The van der Waals surface area contributed by atoms with Gasteiger partial charge in [-0.05, 0) is 17.7 Å². The lowest BCUT2D eigenvalue weighted by atomic mass is 10.1. The van der Waals surface area contributed by atoms with Gasteiger partial charge in [0.2, 0.25) is 0 Å². The summed E-state index contributed by atoms with van der Waals surface area (Å²) in [5, 5.41) is 0. The molecular weight excluding hydrogens is 188 g/mol. The molecule has 74 valence electrons. The van der Waals surface area contributed by atoms with Crippen molar-refractivity contribution < 1.29 is 4.74 Å². The van der Waals surface area contributed by atoms with Gasteiger partial charge in [-0.3, -0.25) is 0 Å². The van der Waals surface area contributed by atoms with E-state index in [-0.39, 0.29) is 18.4 Å². The molecule has 0 aliphatic heterocycles. The second kappa shape index (κ2) is 5.80. The molecule has 0 aliphatic carbocycles. The highest BCUT2D eigenvalue weighted by atomic mass is 35.5. The maximum Gasteiger partial charge on any atom is 0.119 e. The fourth-order valence-electron chi connectivity index (χ4n) is 1.01. The first-order chi connectivity index (χ1) is 5.77. The summed E-state index contributed by atoms with van der Waals surface area (Å²) in [6, 6.07) is 7.54. The molecule has 0 aliphatic rings. The summed E-state index contributed by atoms with van der Waals surface area (Å²) in [7, 11) is 1.63. The van der Waals surface area contributed by atoms with E-state index in [1.807, 2.05) is 24.3 Å². The summed E-state index contributed by atoms with van der Waals surface area (Å²) < 4.78 is 5.05. The van der Waals surface area contributed by atoms with Crippen LogP contribution >= 0.6 is 12.4 Å². The van der Waals surface area contributed by atoms with Gasteiger partial charge < -0.3 is 16.2 Å². The Balaban J connectivity index is 0.00000144. The SMILES string of the molecule is COc1cccc([C@@H](N)CN)c1.Cl. The van der Waals surface area contributed by atoms with Crippen molar-refractivity contribution in [2.24, 2.45) is 11.5 Å². The van der Waals surface area contributed by atoms with Gasteiger partial charge in [0.1, 0.15) is 5.75 Å². The van der Waals surface area contributed by atoms with Crippen LogP contribution in [0.25, 0.3) is 0 Å². The zero-order valence-electron chi connectivity index (χ0n) is 7.57. The predicted octanol–water partition coefficient (Wildman–Crippen LogP) is 1.08. The van der Waals surface area contributed by atoms with E-state index >= 15 is 0 Å². The number of rotatable bonds is 3. The van der Waals surface area contributed by atoms with Crippen LogP contribution in [0, 0.1) is 0 Å². The molecular formula is C9H15ClN2O. The Morgan fingerprint density at radius 1 is 1.46 bits per heavy atom. The van der Waals surface area contributed by atoms with Gasteiger partial charge in [-0.15, -0.1) is 12.4 Å². The van der Waals surface area contributed by atoms with Gasteiger partial charge in [-0.25, -0.2) is 0 Å². The highest BCUT2D eigenvalue weighted by molar-refractivity contribution is 5.85. The third kappa shape index (κ3) is 3.22. The van der Waals surface area contributed by atoms with E-state index in [1.54, 1.807) is 7.11 Å². The van der Waals surface area contributed by atoms with E-state index in [2.05, 4.69) is 0 Å². The third-order valence-electron chi connectivity index (χ3n) is 1.78. The molecule has 4 heteroatoms. The minimum absolute atomic E-state index is 0. The summed E-state index contributed by atoms with van der Waals surface area (Å²) in [5.74, 6) is 0.816. The fourth-order valence-corrected chi connectivity index (χ4v) is 1.01. The van der Waals surface area contributed by atoms with Crippen molar-refractivity contribution in [1.82, 2.24) is 0 Å². The molecule has 13 heavy (non-hydrogen) atoms. The van der Waals surface area contributed by atoms with Crippen LogP contribution in [0.3, 0.4) is 0 Å². The molecule has 4 N–H and O–H groups in total. The Kier molecular flexibility index (Phi) is 5.46. The van der Waals surface area contributed by atoms with Gasteiger partial charge in [0.25, 0.3) is 0 Å². The van der Waals surface area contributed by atoms with Crippen LogP contribution in [0.2, 0.25) is 0 Å². The summed E-state index contributed by atoms with van der Waals surface area (Å²) in [4.78, 5) is 0. The molecule has 0 fully saturated rings.